The van der Waals surface area contributed by atoms with E-state index in [0.717, 1.165) is 11.6 Å². The first-order valence-corrected chi connectivity index (χ1v) is 9.22. The standard InChI is InChI=1S/C16H25NO2S/c1-4-13-6-11-16(12(13)3)17-14-7-9-15(10-8-14)20(18,19)5-2/h7-10,12-13,16-17H,4-6,11H2,1-3H3. The average molecular weight is 295 g/mol. The van der Waals surface area contributed by atoms with Gasteiger partial charge in [0.2, 0.25) is 0 Å². The monoisotopic (exact) mass is 295 g/mol. The van der Waals surface area contributed by atoms with Crippen molar-refractivity contribution in [1.82, 2.24) is 0 Å². The minimum absolute atomic E-state index is 0.150. The van der Waals surface area contributed by atoms with E-state index in [1.807, 2.05) is 12.1 Å². The summed E-state index contributed by atoms with van der Waals surface area (Å²) in [5, 5.41) is 3.56. The van der Waals surface area contributed by atoms with Gasteiger partial charge in [0.25, 0.3) is 0 Å². The first-order valence-electron chi connectivity index (χ1n) is 7.57. The van der Waals surface area contributed by atoms with Crippen molar-refractivity contribution in [3.05, 3.63) is 24.3 Å². The summed E-state index contributed by atoms with van der Waals surface area (Å²) < 4.78 is 23.5. The van der Waals surface area contributed by atoms with E-state index in [4.69, 9.17) is 0 Å². The Morgan fingerprint density at radius 3 is 2.30 bits per heavy atom. The van der Waals surface area contributed by atoms with E-state index in [2.05, 4.69) is 19.2 Å². The number of sulfone groups is 1. The quantitative estimate of drug-likeness (QED) is 0.900. The van der Waals surface area contributed by atoms with E-state index >= 15 is 0 Å². The van der Waals surface area contributed by atoms with E-state index in [0.29, 0.717) is 16.9 Å². The molecule has 1 aromatic rings. The van der Waals surface area contributed by atoms with Gasteiger partial charge in [-0.25, -0.2) is 8.42 Å². The molecule has 0 aromatic heterocycles. The fourth-order valence-electron chi connectivity index (χ4n) is 3.17. The lowest BCUT2D eigenvalue weighted by molar-refractivity contribution is 0.392. The van der Waals surface area contributed by atoms with Gasteiger partial charge >= 0.3 is 0 Å². The zero-order chi connectivity index (χ0) is 14.8. The summed E-state index contributed by atoms with van der Waals surface area (Å²) in [5.74, 6) is 1.64. The zero-order valence-electron chi connectivity index (χ0n) is 12.6. The van der Waals surface area contributed by atoms with Crippen LogP contribution in [-0.2, 0) is 9.84 Å². The number of benzene rings is 1. The van der Waals surface area contributed by atoms with Gasteiger partial charge in [0.05, 0.1) is 10.6 Å². The van der Waals surface area contributed by atoms with Gasteiger partial charge in [-0.05, 0) is 48.9 Å². The third kappa shape index (κ3) is 3.17. The summed E-state index contributed by atoms with van der Waals surface area (Å²) in [5.41, 5.74) is 1.02. The fraction of sp³-hybridized carbons (Fsp3) is 0.625. The van der Waals surface area contributed by atoms with Crippen LogP contribution >= 0.6 is 0 Å². The maximum atomic E-state index is 11.8. The zero-order valence-corrected chi connectivity index (χ0v) is 13.4. The van der Waals surface area contributed by atoms with Crippen LogP contribution in [0.25, 0.3) is 0 Å². The Labute approximate surface area is 122 Å². The highest BCUT2D eigenvalue weighted by Crippen LogP contribution is 2.35. The highest BCUT2D eigenvalue weighted by atomic mass is 32.2. The van der Waals surface area contributed by atoms with Crippen molar-refractivity contribution < 1.29 is 8.42 Å². The third-order valence-electron chi connectivity index (χ3n) is 4.70. The Bertz CT molecular complexity index is 536. The van der Waals surface area contributed by atoms with E-state index in [1.165, 1.54) is 19.3 Å². The fourth-order valence-corrected chi connectivity index (χ4v) is 4.05. The maximum absolute atomic E-state index is 11.8. The molecule has 0 radical (unpaired) electrons. The number of hydrogen-bond donors (Lipinski definition) is 1. The van der Waals surface area contributed by atoms with Gasteiger partial charge in [0.15, 0.2) is 9.84 Å². The molecule has 0 heterocycles. The van der Waals surface area contributed by atoms with Crippen molar-refractivity contribution >= 4 is 15.5 Å². The van der Waals surface area contributed by atoms with Crippen molar-refractivity contribution in [3.63, 3.8) is 0 Å². The molecule has 0 saturated heterocycles. The van der Waals surface area contributed by atoms with Gasteiger partial charge in [-0.2, -0.15) is 0 Å². The number of nitrogens with one attached hydrogen (secondary N) is 1. The Kier molecular flexibility index (Phi) is 4.74. The molecule has 1 saturated carbocycles. The molecule has 112 valence electrons. The van der Waals surface area contributed by atoms with Crippen molar-refractivity contribution in [2.75, 3.05) is 11.1 Å². The van der Waals surface area contributed by atoms with Gasteiger partial charge in [-0.3, -0.25) is 0 Å². The molecule has 1 fully saturated rings. The molecule has 4 heteroatoms. The summed E-state index contributed by atoms with van der Waals surface area (Å²) in [7, 11) is -3.09. The van der Waals surface area contributed by atoms with Gasteiger partial charge in [0, 0.05) is 11.7 Å². The van der Waals surface area contributed by atoms with E-state index in [1.54, 1.807) is 19.1 Å². The summed E-state index contributed by atoms with van der Waals surface area (Å²) in [6.45, 7) is 6.25. The molecule has 3 atom stereocenters. The molecule has 0 spiro atoms. The van der Waals surface area contributed by atoms with Gasteiger partial charge < -0.3 is 5.32 Å². The smallest absolute Gasteiger partial charge is 0.178 e. The van der Waals surface area contributed by atoms with E-state index in [-0.39, 0.29) is 5.75 Å². The number of anilines is 1. The largest absolute Gasteiger partial charge is 0.382 e. The van der Waals surface area contributed by atoms with E-state index in [9.17, 15) is 8.42 Å². The molecular weight excluding hydrogens is 270 g/mol. The van der Waals surface area contributed by atoms with Crippen LogP contribution in [0.3, 0.4) is 0 Å². The SMILES string of the molecule is CCC1CCC(Nc2ccc(S(=O)(=O)CC)cc2)C1C. The van der Waals surface area contributed by atoms with Crippen LogP contribution in [0.1, 0.15) is 40.0 Å². The second-order valence-electron chi connectivity index (χ2n) is 5.78. The lowest BCUT2D eigenvalue weighted by atomic mass is 9.93. The van der Waals surface area contributed by atoms with Crippen LogP contribution in [0.15, 0.2) is 29.2 Å². The van der Waals surface area contributed by atoms with Crippen LogP contribution in [0, 0.1) is 11.8 Å². The van der Waals surface area contributed by atoms with Crippen molar-refractivity contribution in [2.45, 2.75) is 51.0 Å². The molecular formula is C16H25NO2S. The highest BCUT2D eigenvalue weighted by Gasteiger charge is 2.31. The van der Waals surface area contributed by atoms with Crippen molar-refractivity contribution in [1.29, 1.82) is 0 Å². The number of rotatable bonds is 5. The molecule has 0 amide bonds. The molecule has 1 aliphatic rings. The normalized spacial score (nSPS) is 26.6. The maximum Gasteiger partial charge on any atom is 0.178 e. The molecule has 1 N–H and O–H groups in total. The van der Waals surface area contributed by atoms with Crippen LogP contribution in [0.4, 0.5) is 5.69 Å². The van der Waals surface area contributed by atoms with Crippen LogP contribution in [-0.4, -0.2) is 20.2 Å². The molecule has 2 rings (SSSR count). The van der Waals surface area contributed by atoms with Crippen molar-refractivity contribution in [2.24, 2.45) is 11.8 Å². The second kappa shape index (κ2) is 6.17. The predicted molar refractivity (Wildman–Crippen MR) is 83.8 cm³/mol. The number of hydrogen-bond acceptors (Lipinski definition) is 3. The Balaban J connectivity index is 2.05. The summed E-state index contributed by atoms with van der Waals surface area (Å²) in [6.07, 6.45) is 3.74. The molecule has 1 aromatic carbocycles. The second-order valence-corrected chi connectivity index (χ2v) is 8.06. The third-order valence-corrected chi connectivity index (χ3v) is 6.45. The molecule has 1 aliphatic carbocycles. The highest BCUT2D eigenvalue weighted by molar-refractivity contribution is 7.91. The van der Waals surface area contributed by atoms with Gasteiger partial charge in [-0.1, -0.05) is 27.2 Å². The first kappa shape index (κ1) is 15.4. The van der Waals surface area contributed by atoms with Crippen LogP contribution in [0.2, 0.25) is 0 Å². The Hall–Kier alpha value is -1.03. The summed E-state index contributed by atoms with van der Waals surface area (Å²) in [6, 6.07) is 7.69. The lowest BCUT2D eigenvalue weighted by Gasteiger charge is -2.22. The first-order chi connectivity index (χ1) is 9.47. The van der Waals surface area contributed by atoms with E-state index < -0.39 is 9.84 Å². The van der Waals surface area contributed by atoms with Crippen LogP contribution < -0.4 is 5.32 Å². The molecule has 0 aliphatic heterocycles. The topological polar surface area (TPSA) is 46.2 Å². The summed E-state index contributed by atoms with van der Waals surface area (Å²) >= 11 is 0. The molecule has 20 heavy (non-hydrogen) atoms. The minimum Gasteiger partial charge on any atom is -0.382 e. The molecule has 3 unspecified atom stereocenters. The minimum atomic E-state index is -3.09. The Morgan fingerprint density at radius 1 is 1.15 bits per heavy atom. The van der Waals surface area contributed by atoms with Crippen molar-refractivity contribution in [3.8, 4) is 0 Å². The predicted octanol–water partition coefficient (Wildman–Crippen LogP) is 3.72. The summed E-state index contributed by atoms with van der Waals surface area (Å²) in [4.78, 5) is 0.413. The van der Waals surface area contributed by atoms with Gasteiger partial charge in [-0.15, -0.1) is 0 Å². The van der Waals surface area contributed by atoms with Gasteiger partial charge in [0.1, 0.15) is 0 Å². The van der Waals surface area contributed by atoms with Crippen LogP contribution in [0.5, 0.6) is 0 Å². The molecule has 0 bridgehead atoms. The lowest BCUT2D eigenvalue weighted by Crippen LogP contribution is -2.24. The molecule has 3 nitrogen and oxygen atoms in total. The average Bonchev–Trinajstić information content (AvgIpc) is 2.80. The Morgan fingerprint density at radius 2 is 1.80 bits per heavy atom.